The van der Waals surface area contributed by atoms with Crippen LogP contribution in [0.15, 0.2) is 0 Å². The van der Waals surface area contributed by atoms with Crippen molar-refractivity contribution >= 4 is 5.91 Å². The Hall–Kier alpha value is -0.570. The van der Waals surface area contributed by atoms with Gasteiger partial charge in [-0.3, -0.25) is 4.79 Å². The Labute approximate surface area is 111 Å². The minimum absolute atomic E-state index is 0.204. The zero-order chi connectivity index (χ0) is 13.0. The maximum atomic E-state index is 12.5. The van der Waals surface area contributed by atoms with E-state index >= 15 is 0 Å². The zero-order valence-electron chi connectivity index (χ0n) is 11.7. The third-order valence-electron chi connectivity index (χ3n) is 4.79. The summed E-state index contributed by atoms with van der Waals surface area (Å²) in [6.07, 6.45) is 11.9. The normalized spacial score (nSPS) is 30.8. The number of hydrogen-bond acceptors (Lipinski definition) is 2. The van der Waals surface area contributed by atoms with Crippen molar-refractivity contribution in [2.24, 2.45) is 11.7 Å². The summed E-state index contributed by atoms with van der Waals surface area (Å²) in [6, 6.07) is 0.735. The first-order valence-electron chi connectivity index (χ1n) is 7.70. The van der Waals surface area contributed by atoms with Gasteiger partial charge in [-0.2, -0.15) is 0 Å². The van der Waals surface area contributed by atoms with E-state index in [9.17, 15) is 4.79 Å². The molecule has 0 aromatic carbocycles. The second-order valence-electron chi connectivity index (χ2n) is 6.22. The molecule has 18 heavy (non-hydrogen) atoms. The number of hydrogen-bond donors (Lipinski definition) is 1. The van der Waals surface area contributed by atoms with Gasteiger partial charge in [-0.15, -0.1) is 0 Å². The summed E-state index contributed by atoms with van der Waals surface area (Å²) in [7, 11) is 2.01. The van der Waals surface area contributed by atoms with Crippen LogP contribution in [0.2, 0.25) is 0 Å². The summed E-state index contributed by atoms with van der Waals surface area (Å²) < 4.78 is 0. The topological polar surface area (TPSA) is 46.3 Å². The van der Waals surface area contributed by atoms with Gasteiger partial charge >= 0.3 is 0 Å². The van der Waals surface area contributed by atoms with E-state index in [4.69, 9.17) is 5.73 Å². The predicted octanol–water partition coefficient (Wildman–Crippen LogP) is 2.69. The average molecular weight is 252 g/mol. The molecule has 0 aromatic rings. The summed E-state index contributed by atoms with van der Waals surface area (Å²) in [6.45, 7) is 0. The molecule has 0 bridgehead atoms. The van der Waals surface area contributed by atoms with Crippen LogP contribution in [0.1, 0.15) is 64.2 Å². The van der Waals surface area contributed by atoms with Crippen LogP contribution in [0, 0.1) is 5.92 Å². The van der Waals surface area contributed by atoms with Gasteiger partial charge in [-0.1, -0.05) is 32.1 Å². The van der Waals surface area contributed by atoms with E-state index in [1.807, 2.05) is 11.9 Å². The summed E-state index contributed by atoms with van der Waals surface area (Å²) in [5.41, 5.74) is 5.92. The van der Waals surface area contributed by atoms with Crippen LogP contribution in [0.25, 0.3) is 0 Å². The van der Waals surface area contributed by atoms with Crippen LogP contribution >= 0.6 is 0 Å². The third kappa shape index (κ3) is 3.47. The molecule has 2 aliphatic carbocycles. The molecule has 2 N–H and O–H groups in total. The van der Waals surface area contributed by atoms with Crippen molar-refractivity contribution in [3.8, 4) is 0 Å². The van der Waals surface area contributed by atoms with E-state index in [-0.39, 0.29) is 12.0 Å². The van der Waals surface area contributed by atoms with Crippen LogP contribution in [-0.4, -0.2) is 29.9 Å². The Morgan fingerprint density at radius 3 is 2.17 bits per heavy atom. The number of rotatable bonds is 2. The summed E-state index contributed by atoms with van der Waals surface area (Å²) in [5.74, 6) is 0.559. The van der Waals surface area contributed by atoms with Gasteiger partial charge in [0.2, 0.25) is 5.91 Å². The molecule has 0 heterocycles. The molecule has 104 valence electrons. The molecular weight excluding hydrogens is 224 g/mol. The van der Waals surface area contributed by atoms with E-state index in [2.05, 4.69) is 0 Å². The third-order valence-corrected chi connectivity index (χ3v) is 4.79. The molecule has 0 spiro atoms. The smallest absolute Gasteiger partial charge is 0.225 e. The largest absolute Gasteiger partial charge is 0.343 e. The molecular formula is C15H28N2O. The SMILES string of the molecule is CN(C(=O)C1CCC(N)C1)C1CCCCCCC1. The maximum absolute atomic E-state index is 12.5. The Bertz CT molecular complexity index is 272. The lowest BCUT2D eigenvalue weighted by Crippen LogP contribution is -2.40. The second kappa shape index (κ2) is 6.55. The Morgan fingerprint density at radius 1 is 1.00 bits per heavy atom. The van der Waals surface area contributed by atoms with Gasteiger partial charge < -0.3 is 10.6 Å². The standard InChI is InChI=1S/C15H28N2O/c1-17(14-7-5-3-2-4-6-8-14)15(18)12-9-10-13(16)11-12/h12-14H,2-11,16H2,1H3. The van der Waals surface area contributed by atoms with Crippen LogP contribution in [0.4, 0.5) is 0 Å². The Morgan fingerprint density at radius 2 is 1.61 bits per heavy atom. The number of nitrogens with two attached hydrogens (primary N) is 1. The van der Waals surface area contributed by atoms with Crippen molar-refractivity contribution < 1.29 is 4.79 Å². The first kappa shape index (κ1) is 13.9. The van der Waals surface area contributed by atoms with Crippen molar-refractivity contribution in [1.82, 2.24) is 4.90 Å². The van der Waals surface area contributed by atoms with Crippen molar-refractivity contribution in [2.45, 2.75) is 76.3 Å². The molecule has 0 saturated heterocycles. The molecule has 1 amide bonds. The van der Waals surface area contributed by atoms with Gasteiger partial charge in [-0.05, 0) is 32.1 Å². The second-order valence-corrected chi connectivity index (χ2v) is 6.22. The highest BCUT2D eigenvalue weighted by atomic mass is 16.2. The van der Waals surface area contributed by atoms with E-state index in [0.29, 0.717) is 11.9 Å². The molecule has 2 saturated carbocycles. The fourth-order valence-corrected chi connectivity index (χ4v) is 3.53. The van der Waals surface area contributed by atoms with Crippen molar-refractivity contribution in [3.05, 3.63) is 0 Å². The molecule has 0 aromatic heterocycles. The molecule has 0 aliphatic heterocycles. The average Bonchev–Trinajstić information content (AvgIpc) is 2.74. The lowest BCUT2D eigenvalue weighted by Gasteiger charge is -2.31. The summed E-state index contributed by atoms with van der Waals surface area (Å²) in [4.78, 5) is 14.5. The molecule has 3 nitrogen and oxygen atoms in total. The highest BCUT2D eigenvalue weighted by Gasteiger charge is 2.32. The van der Waals surface area contributed by atoms with E-state index < -0.39 is 0 Å². The fraction of sp³-hybridized carbons (Fsp3) is 0.933. The first-order valence-corrected chi connectivity index (χ1v) is 7.70. The molecule has 2 aliphatic rings. The highest BCUT2D eigenvalue weighted by Crippen LogP contribution is 2.28. The number of amides is 1. The molecule has 2 unspecified atom stereocenters. The molecule has 2 atom stereocenters. The van der Waals surface area contributed by atoms with Crippen LogP contribution < -0.4 is 5.73 Å². The Balaban J connectivity index is 1.87. The van der Waals surface area contributed by atoms with Gasteiger partial charge in [-0.25, -0.2) is 0 Å². The molecule has 2 rings (SSSR count). The van der Waals surface area contributed by atoms with Crippen LogP contribution in [0.3, 0.4) is 0 Å². The van der Waals surface area contributed by atoms with Crippen molar-refractivity contribution in [1.29, 1.82) is 0 Å². The predicted molar refractivity (Wildman–Crippen MR) is 74.2 cm³/mol. The summed E-state index contributed by atoms with van der Waals surface area (Å²) >= 11 is 0. The molecule has 0 radical (unpaired) electrons. The quantitative estimate of drug-likeness (QED) is 0.821. The van der Waals surface area contributed by atoms with Gasteiger partial charge in [0, 0.05) is 25.0 Å². The Kier molecular flexibility index (Phi) is 5.04. The highest BCUT2D eigenvalue weighted by molar-refractivity contribution is 5.79. The summed E-state index contributed by atoms with van der Waals surface area (Å²) in [5, 5.41) is 0. The monoisotopic (exact) mass is 252 g/mol. The van der Waals surface area contributed by atoms with E-state index in [1.165, 1.54) is 44.9 Å². The number of nitrogens with zero attached hydrogens (tertiary/aromatic N) is 1. The van der Waals surface area contributed by atoms with Crippen molar-refractivity contribution in [3.63, 3.8) is 0 Å². The molecule has 3 heteroatoms. The minimum Gasteiger partial charge on any atom is -0.343 e. The van der Waals surface area contributed by atoms with Crippen LogP contribution in [-0.2, 0) is 4.79 Å². The number of carbonyl (C=O) groups is 1. The lowest BCUT2D eigenvalue weighted by molar-refractivity contribution is -0.136. The minimum atomic E-state index is 0.204. The zero-order valence-corrected chi connectivity index (χ0v) is 11.7. The lowest BCUT2D eigenvalue weighted by atomic mass is 9.94. The van der Waals surface area contributed by atoms with Crippen LogP contribution in [0.5, 0.6) is 0 Å². The van der Waals surface area contributed by atoms with Gasteiger partial charge in [0.05, 0.1) is 0 Å². The first-order chi connectivity index (χ1) is 8.68. The fourth-order valence-electron chi connectivity index (χ4n) is 3.53. The van der Waals surface area contributed by atoms with Gasteiger partial charge in [0.1, 0.15) is 0 Å². The van der Waals surface area contributed by atoms with E-state index in [1.54, 1.807) is 0 Å². The number of carbonyl (C=O) groups excluding carboxylic acids is 1. The molecule has 2 fully saturated rings. The van der Waals surface area contributed by atoms with Gasteiger partial charge in [0.15, 0.2) is 0 Å². The maximum Gasteiger partial charge on any atom is 0.225 e. The van der Waals surface area contributed by atoms with Gasteiger partial charge in [0.25, 0.3) is 0 Å². The van der Waals surface area contributed by atoms with Crippen molar-refractivity contribution in [2.75, 3.05) is 7.05 Å². The van der Waals surface area contributed by atoms with E-state index in [0.717, 1.165) is 19.3 Å².